The Morgan fingerprint density at radius 2 is 2.20 bits per heavy atom. The molecule has 0 spiro atoms. The zero-order valence-electron chi connectivity index (χ0n) is 11.4. The van der Waals surface area contributed by atoms with Gasteiger partial charge in [0.2, 0.25) is 5.91 Å². The van der Waals surface area contributed by atoms with Gasteiger partial charge < -0.3 is 0 Å². The van der Waals surface area contributed by atoms with Gasteiger partial charge >= 0.3 is 0 Å². The highest BCUT2D eigenvalue weighted by Gasteiger charge is 2.16. The first-order valence-electron chi connectivity index (χ1n) is 6.25. The van der Waals surface area contributed by atoms with Crippen molar-refractivity contribution >= 4 is 40.4 Å². The molecule has 0 unspecified atom stereocenters. The van der Waals surface area contributed by atoms with Crippen molar-refractivity contribution in [3.8, 4) is 0 Å². The molecular formula is C12H16ClN5OS. The number of nitrogens with zero attached hydrogens (tertiary/aromatic N) is 5. The van der Waals surface area contributed by atoms with E-state index in [0.717, 1.165) is 17.9 Å². The van der Waals surface area contributed by atoms with Crippen LogP contribution in [-0.2, 0) is 4.79 Å². The zero-order chi connectivity index (χ0) is 14.5. The van der Waals surface area contributed by atoms with Gasteiger partial charge in [-0.15, -0.1) is 23.4 Å². The predicted molar refractivity (Wildman–Crippen MR) is 80.8 cm³/mol. The fraction of sp³-hybridized carbons (Fsp3) is 0.500. The Hall–Kier alpha value is -1.34. The maximum atomic E-state index is 11.8. The highest BCUT2D eigenvalue weighted by molar-refractivity contribution is 7.98. The highest BCUT2D eigenvalue weighted by atomic mass is 35.5. The molecule has 2 rings (SSSR count). The van der Waals surface area contributed by atoms with Gasteiger partial charge in [0.25, 0.3) is 0 Å². The highest BCUT2D eigenvalue weighted by Crippen LogP contribution is 2.21. The molecule has 2 aromatic heterocycles. The summed E-state index contributed by atoms with van der Waals surface area (Å²) in [5.41, 5.74) is 1.36. The summed E-state index contributed by atoms with van der Waals surface area (Å²) in [6.07, 6.45) is 6.74. The maximum absolute atomic E-state index is 11.8. The molecular weight excluding hydrogens is 298 g/mol. The topological polar surface area (TPSA) is 63.9 Å². The van der Waals surface area contributed by atoms with E-state index in [0.29, 0.717) is 23.6 Å². The van der Waals surface area contributed by atoms with Crippen molar-refractivity contribution in [2.24, 2.45) is 0 Å². The summed E-state index contributed by atoms with van der Waals surface area (Å²) in [4.78, 5) is 24.6. The average Bonchev–Trinajstić information content (AvgIpc) is 2.87. The first-order chi connectivity index (χ1) is 9.69. The molecule has 0 aromatic carbocycles. The summed E-state index contributed by atoms with van der Waals surface area (Å²) in [7, 11) is 0. The molecule has 2 aromatic rings. The minimum absolute atomic E-state index is 0.0526. The lowest BCUT2D eigenvalue weighted by Gasteiger charge is -2.21. The van der Waals surface area contributed by atoms with E-state index in [1.165, 1.54) is 25.0 Å². The van der Waals surface area contributed by atoms with Gasteiger partial charge in [-0.05, 0) is 19.1 Å². The van der Waals surface area contributed by atoms with E-state index < -0.39 is 0 Å². The van der Waals surface area contributed by atoms with Crippen LogP contribution in [0, 0.1) is 0 Å². The molecule has 0 radical (unpaired) electrons. The number of carbonyl (C=O) groups is 1. The molecule has 6 nitrogen and oxygen atoms in total. The Kier molecular flexibility index (Phi) is 5.19. The number of halogens is 1. The number of unbranched alkanes of at least 4 members (excludes halogenated alkanes) is 1. The summed E-state index contributed by atoms with van der Waals surface area (Å²) in [5.74, 6) is 0.540. The molecule has 20 heavy (non-hydrogen) atoms. The minimum atomic E-state index is -0.0526. The third kappa shape index (κ3) is 3.04. The molecule has 108 valence electrons. The third-order valence-electron chi connectivity index (χ3n) is 2.85. The summed E-state index contributed by atoms with van der Waals surface area (Å²) < 4.78 is 1.69. The molecule has 0 atom stereocenters. The first-order valence-corrected chi connectivity index (χ1v) is 8.01. The molecule has 8 heteroatoms. The lowest BCUT2D eigenvalue weighted by molar-refractivity contribution is -0.118. The van der Waals surface area contributed by atoms with Gasteiger partial charge in [0.1, 0.15) is 23.2 Å². The van der Waals surface area contributed by atoms with Crippen LogP contribution in [0.2, 0.25) is 0 Å². The number of hydrogen-bond acceptors (Lipinski definition) is 5. The molecule has 0 aliphatic rings. The van der Waals surface area contributed by atoms with Gasteiger partial charge in [-0.3, -0.25) is 4.79 Å². The normalized spacial score (nSPS) is 10.9. The van der Waals surface area contributed by atoms with Crippen LogP contribution in [0.1, 0.15) is 19.8 Å². The second-order valence-electron chi connectivity index (χ2n) is 4.18. The standard InChI is InChI=1S/C12H16ClN5OS/c1-9(19)17(6-4-3-5-13)18-8-16-10-11(18)14-7-15-12(10)20-2/h7-8H,3-6H2,1-2H3. The Balaban J connectivity index is 2.36. The van der Waals surface area contributed by atoms with Gasteiger partial charge in [0, 0.05) is 19.3 Å². The second-order valence-corrected chi connectivity index (χ2v) is 5.36. The summed E-state index contributed by atoms with van der Waals surface area (Å²) in [6, 6.07) is 0. The number of amides is 1. The van der Waals surface area contributed by atoms with Gasteiger partial charge in [0.05, 0.1) is 0 Å². The molecule has 1 amide bonds. The minimum Gasteiger partial charge on any atom is -0.273 e. The van der Waals surface area contributed by atoms with Crippen molar-refractivity contribution in [2.75, 3.05) is 23.7 Å². The quantitative estimate of drug-likeness (QED) is 0.353. The van der Waals surface area contributed by atoms with Crippen molar-refractivity contribution in [3.05, 3.63) is 12.7 Å². The Morgan fingerprint density at radius 1 is 1.40 bits per heavy atom. The molecule has 0 fully saturated rings. The number of alkyl halides is 1. The second kappa shape index (κ2) is 6.90. The zero-order valence-corrected chi connectivity index (χ0v) is 13.0. The molecule has 2 heterocycles. The van der Waals surface area contributed by atoms with E-state index in [1.54, 1.807) is 16.0 Å². The largest absolute Gasteiger partial charge is 0.273 e. The van der Waals surface area contributed by atoms with E-state index in [4.69, 9.17) is 11.6 Å². The predicted octanol–water partition coefficient (Wildman–Crippen LogP) is 2.05. The van der Waals surface area contributed by atoms with Crippen molar-refractivity contribution < 1.29 is 4.79 Å². The van der Waals surface area contributed by atoms with Crippen molar-refractivity contribution in [3.63, 3.8) is 0 Å². The van der Waals surface area contributed by atoms with Crippen molar-refractivity contribution in [1.29, 1.82) is 0 Å². The molecule has 0 saturated heterocycles. The summed E-state index contributed by atoms with van der Waals surface area (Å²) in [6.45, 7) is 2.12. The van der Waals surface area contributed by atoms with Crippen molar-refractivity contribution in [2.45, 2.75) is 24.8 Å². The lowest BCUT2D eigenvalue weighted by Crippen LogP contribution is -2.39. The SMILES string of the molecule is CSc1ncnc2c1ncn2N(CCCCCl)C(C)=O. The van der Waals surface area contributed by atoms with Gasteiger partial charge in [-0.1, -0.05) is 0 Å². The summed E-state index contributed by atoms with van der Waals surface area (Å²) in [5, 5.41) is 2.43. The monoisotopic (exact) mass is 313 g/mol. The number of thioether (sulfide) groups is 1. The van der Waals surface area contributed by atoms with Crippen LogP contribution in [-0.4, -0.2) is 44.2 Å². The third-order valence-corrected chi connectivity index (χ3v) is 3.81. The Labute approximate surface area is 126 Å². The van der Waals surface area contributed by atoms with Crippen LogP contribution in [0.25, 0.3) is 11.2 Å². The van der Waals surface area contributed by atoms with E-state index in [9.17, 15) is 4.79 Å². The number of aromatic nitrogens is 4. The van der Waals surface area contributed by atoms with E-state index in [-0.39, 0.29) is 5.91 Å². The van der Waals surface area contributed by atoms with E-state index in [1.807, 2.05) is 6.26 Å². The molecule has 0 N–H and O–H groups in total. The lowest BCUT2D eigenvalue weighted by atomic mass is 10.3. The van der Waals surface area contributed by atoms with Gasteiger partial charge in [0.15, 0.2) is 5.65 Å². The van der Waals surface area contributed by atoms with Crippen molar-refractivity contribution in [1.82, 2.24) is 19.6 Å². The molecule has 0 saturated carbocycles. The Morgan fingerprint density at radius 3 is 2.85 bits per heavy atom. The maximum Gasteiger partial charge on any atom is 0.238 e. The number of fused-ring (bicyclic) bond motifs is 1. The number of rotatable bonds is 6. The fourth-order valence-electron chi connectivity index (χ4n) is 1.90. The molecule has 0 aliphatic carbocycles. The smallest absolute Gasteiger partial charge is 0.238 e. The fourth-order valence-corrected chi connectivity index (χ4v) is 2.58. The molecule has 0 aliphatic heterocycles. The van der Waals surface area contributed by atoms with Crippen LogP contribution in [0.5, 0.6) is 0 Å². The van der Waals surface area contributed by atoms with Crippen LogP contribution in [0.15, 0.2) is 17.7 Å². The van der Waals surface area contributed by atoms with E-state index >= 15 is 0 Å². The summed E-state index contributed by atoms with van der Waals surface area (Å²) >= 11 is 7.18. The van der Waals surface area contributed by atoms with Crippen LogP contribution < -0.4 is 5.01 Å². The van der Waals surface area contributed by atoms with E-state index in [2.05, 4.69) is 15.0 Å². The first kappa shape index (κ1) is 15.1. The van der Waals surface area contributed by atoms with Gasteiger partial charge in [-0.2, -0.15) is 0 Å². The van der Waals surface area contributed by atoms with Crippen LogP contribution >= 0.6 is 23.4 Å². The van der Waals surface area contributed by atoms with Crippen LogP contribution in [0.4, 0.5) is 0 Å². The molecule has 0 bridgehead atoms. The number of imidazole rings is 1. The average molecular weight is 314 g/mol. The number of carbonyl (C=O) groups excluding carboxylic acids is 1. The number of hydrogen-bond donors (Lipinski definition) is 0. The Bertz CT molecular complexity index is 603. The van der Waals surface area contributed by atoms with Gasteiger partial charge in [-0.25, -0.2) is 24.6 Å². The van der Waals surface area contributed by atoms with Crippen LogP contribution in [0.3, 0.4) is 0 Å².